The molecule has 1 aromatic carbocycles. The van der Waals surface area contributed by atoms with Gasteiger partial charge in [-0.1, -0.05) is 6.07 Å². The maximum atomic E-state index is 11.2. The van der Waals surface area contributed by atoms with Crippen LogP contribution in [-0.2, 0) is 4.79 Å². The molecule has 1 rings (SSSR count). The highest BCUT2D eigenvalue weighted by Gasteiger charge is 2.28. The van der Waals surface area contributed by atoms with Crippen LogP contribution in [0, 0.1) is 15.5 Å². The molecule has 1 aromatic rings. The Morgan fingerprint density at radius 3 is 2.50 bits per heavy atom. The first-order chi connectivity index (χ1) is 9.16. The predicted molar refractivity (Wildman–Crippen MR) is 71.5 cm³/mol. The average molecular weight is 281 g/mol. The Morgan fingerprint density at radius 1 is 1.45 bits per heavy atom. The zero-order valence-electron chi connectivity index (χ0n) is 11.0. The number of para-hydroxylation sites is 1. The smallest absolute Gasteiger partial charge is 0.338 e. The molecule has 0 saturated carbocycles. The molecule has 0 aliphatic carbocycles. The van der Waals surface area contributed by atoms with Gasteiger partial charge in [-0.3, -0.25) is 14.9 Å². The number of carbonyl (C=O) groups is 2. The van der Waals surface area contributed by atoms with E-state index in [0.717, 1.165) is 0 Å². The van der Waals surface area contributed by atoms with Crippen molar-refractivity contribution in [3.05, 3.63) is 33.9 Å². The maximum Gasteiger partial charge on any atom is 0.338 e. The van der Waals surface area contributed by atoms with E-state index in [1.54, 1.807) is 13.8 Å². The lowest BCUT2D eigenvalue weighted by molar-refractivity contribution is -0.384. The summed E-state index contributed by atoms with van der Waals surface area (Å²) in [6.45, 7) is 3.09. The summed E-state index contributed by atoms with van der Waals surface area (Å²) in [6.07, 6.45) is 0. The van der Waals surface area contributed by atoms with Crippen molar-refractivity contribution in [3.63, 3.8) is 0 Å². The minimum Gasteiger partial charge on any atom is -0.478 e. The van der Waals surface area contributed by atoms with E-state index in [1.807, 2.05) is 0 Å². The van der Waals surface area contributed by atoms with Crippen LogP contribution in [0.2, 0.25) is 0 Å². The van der Waals surface area contributed by atoms with E-state index in [-0.39, 0.29) is 23.5 Å². The Hall–Kier alpha value is -2.64. The summed E-state index contributed by atoms with van der Waals surface area (Å²) < 4.78 is 0. The van der Waals surface area contributed by atoms with Crippen molar-refractivity contribution in [3.8, 4) is 0 Å². The van der Waals surface area contributed by atoms with Crippen molar-refractivity contribution in [2.24, 2.45) is 11.1 Å². The summed E-state index contributed by atoms with van der Waals surface area (Å²) in [5, 5.41) is 22.6. The first-order valence-electron chi connectivity index (χ1n) is 5.71. The lowest BCUT2D eigenvalue weighted by Gasteiger charge is -2.22. The monoisotopic (exact) mass is 281 g/mol. The van der Waals surface area contributed by atoms with E-state index >= 15 is 0 Å². The van der Waals surface area contributed by atoms with Crippen LogP contribution in [0.4, 0.5) is 11.4 Å². The van der Waals surface area contributed by atoms with Crippen LogP contribution in [0.1, 0.15) is 24.2 Å². The van der Waals surface area contributed by atoms with Crippen LogP contribution in [0.15, 0.2) is 18.2 Å². The molecule has 0 heterocycles. The second-order valence-corrected chi connectivity index (χ2v) is 4.86. The largest absolute Gasteiger partial charge is 0.478 e. The molecular formula is C12H15N3O5. The summed E-state index contributed by atoms with van der Waals surface area (Å²) in [7, 11) is 0. The molecule has 0 radical (unpaired) electrons. The van der Waals surface area contributed by atoms with E-state index in [0.29, 0.717) is 0 Å². The quantitative estimate of drug-likeness (QED) is 0.529. The summed E-state index contributed by atoms with van der Waals surface area (Å²) in [4.78, 5) is 32.6. The highest BCUT2D eigenvalue weighted by Crippen LogP contribution is 2.29. The minimum absolute atomic E-state index is 0.0204. The number of nitrogens with two attached hydrogens (primary N) is 1. The van der Waals surface area contributed by atoms with Crippen molar-refractivity contribution < 1.29 is 19.6 Å². The van der Waals surface area contributed by atoms with E-state index in [9.17, 15) is 19.7 Å². The Kier molecular flexibility index (Phi) is 4.28. The standard InChI is InChI=1S/C12H15N3O5/c1-12(2,11(13)18)6-14-9-7(10(16)17)4-3-5-8(9)15(19)20/h3-5,14H,6H2,1-2H3,(H2,13,18)(H,16,17). The summed E-state index contributed by atoms with van der Waals surface area (Å²) >= 11 is 0. The Morgan fingerprint density at radius 2 is 2.05 bits per heavy atom. The van der Waals surface area contributed by atoms with Crippen LogP contribution in [0.25, 0.3) is 0 Å². The second-order valence-electron chi connectivity index (χ2n) is 4.86. The van der Waals surface area contributed by atoms with Gasteiger partial charge in [-0.05, 0) is 19.9 Å². The number of hydrogen-bond acceptors (Lipinski definition) is 5. The van der Waals surface area contributed by atoms with Gasteiger partial charge in [0.05, 0.1) is 15.9 Å². The van der Waals surface area contributed by atoms with E-state index in [4.69, 9.17) is 10.8 Å². The third kappa shape index (κ3) is 3.22. The van der Waals surface area contributed by atoms with Crippen LogP contribution in [0.5, 0.6) is 0 Å². The van der Waals surface area contributed by atoms with Gasteiger partial charge in [0.15, 0.2) is 0 Å². The fourth-order valence-electron chi connectivity index (χ4n) is 1.45. The Balaban J connectivity index is 3.18. The number of primary amides is 1. The third-order valence-corrected chi connectivity index (χ3v) is 2.84. The molecule has 4 N–H and O–H groups in total. The number of rotatable bonds is 6. The summed E-state index contributed by atoms with van der Waals surface area (Å²) in [5.74, 6) is -1.89. The van der Waals surface area contributed by atoms with Crippen molar-refractivity contribution >= 4 is 23.3 Å². The molecule has 0 bridgehead atoms. The number of carboxylic acids is 1. The molecule has 0 aliphatic rings. The molecule has 20 heavy (non-hydrogen) atoms. The zero-order valence-corrected chi connectivity index (χ0v) is 11.0. The number of amides is 1. The number of nitrogens with zero attached hydrogens (tertiary/aromatic N) is 1. The van der Waals surface area contributed by atoms with E-state index in [2.05, 4.69) is 5.32 Å². The number of anilines is 1. The number of carbonyl (C=O) groups excluding carboxylic acids is 1. The fourth-order valence-corrected chi connectivity index (χ4v) is 1.45. The number of carboxylic acid groups (broad SMARTS) is 1. The van der Waals surface area contributed by atoms with Gasteiger partial charge >= 0.3 is 5.97 Å². The first-order valence-corrected chi connectivity index (χ1v) is 5.71. The van der Waals surface area contributed by atoms with Crippen LogP contribution in [-0.4, -0.2) is 28.5 Å². The van der Waals surface area contributed by atoms with E-state index < -0.39 is 22.2 Å². The molecule has 0 aromatic heterocycles. The molecule has 0 fully saturated rings. The van der Waals surface area contributed by atoms with Crippen LogP contribution < -0.4 is 11.1 Å². The Labute approximate surface area is 114 Å². The highest BCUT2D eigenvalue weighted by atomic mass is 16.6. The SMILES string of the molecule is CC(C)(CNc1c(C(=O)O)cccc1[N+](=O)[O-])C(N)=O. The number of nitro benzene ring substituents is 1. The van der Waals surface area contributed by atoms with Gasteiger partial charge in [0, 0.05) is 12.6 Å². The molecule has 1 amide bonds. The Bertz CT molecular complexity index is 536. The molecule has 0 aliphatic heterocycles. The zero-order chi connectivity index (χ0) is 15.5. The van der Waals surface area contributed by atoms with Crippen molar-refractivity contribution in [2.45, 2.75) is 13.8 Å². The highest BCUT2D eigenvalue weighted by molar-refractivity contribution is 5.97. The summed E-state index contributed by atoms with van der Waals surface area (Å²) in [6, 6.07) is 3.72. The molecule has 0 atom stereocenters. The number of nitro groups is 1. The van der Waals surface area contributed by atoms with Crippen molar-refractivity contribution in [2.75, 3.05) is 11.9 Å². The molecule has 0 spiro atoms. The van der Waals surface area contributed by atoms with Gasteiger partial charge in [0.1, 0.15) is 5.69 Å². The predicted octanol–water partition coefficient (Wildman–Crippen LogP) is 1.22. The number of hydrogen-bond donors (Lipinski definition) is 3. The van der Waals surface area contributed by atoms with Gasteiger partial charge in [-0.2, -0.15) is 0 Å². The van der Waals surface area contributed by atoms with Crippen molar-refractivity contribution in [1.82, 2.24) is 0 Å². The van der Waals surface area contributed by atoms with Gasteiger partial charge in [0.25, 0.3) is 5.69 Å². The lowest BCUT2D eigenvalue weighted by atomic mass is 9.92. The molecule has 0 saturated heterocycles. The fraction of sp³-hybridized carbons (Fsp3) is 0.333. The van der Waals surface area contributed by atoms with Gasteiger partial charge in [-0.25, -0.2) is 4.79 Å². The van der Waals surface area contributed by atoms with Crippen LogP contribution >= 0.6 is 0 Å². The van der Waals surface area contributed by atoms with Crippen molar-refractivity contribution in [1.29, 1.82) is 0 Å². The molecule has 8 nitrogen and oxygen atoms in total. The minimum atomic E-state index is -1.30. The van der Waals surface area contributed by atoms with Gasteiger partial charge in [-0.15, -0.1) is 0 Å². The summed E-state index contributed by atoms with van der Waals surface area (Å²) in [5.41, 5.74) is 3.48. The lowest BCUT2D eigenvalue weighted by Crippen LogP contribution is -2.37. The number of nitrogens with one attached hydrogen (secondary N) is 1. The maximum absolute atomic E-state index is 11.2. The first kappa shape index (κ1) is 15.4. The topological polar surface area (TPSA) is 136 Å². The van der Waals surface area contributed by atoms with Gasteiger partial charge < -0.3 is 16.2 Å². The van der Waals surface area contributed by atoms with Crippen LogP contribution in [0.3, 0.4) is 0 Å². The number of benzene rings is 1. The second kappa shape index (κ2) is 5.55. The average Bonchev–Trinajstić information content (AvgIpc) is 2.35. The molecular weight excluding hydrogens is 266 g/mol. The van der Waals surface area contributed by atoms with Gasteiger partial charge in [0.2, 0.25) is 5.91 Å². The molecule has 8 heteroatoms. The third-order valence-electron chi connectivity index (χ3n) is 2.84. The normalized spacial score (nSPS) is 10.9. The molecule has 0 unspecified atom stereocenters. The number of aromatic carboxylic acids is 1. The van der Waals surface area contributed by atoms with E-state index in [1.165, 1.54) is 18.2 Å². The molecule has 108 valence electrons.